The number of nitrogens with one attached hydrogen (secondary N) is 2. The molecule has 1 aliphatic heterocycles. The first-order valence-electron chi connectivity index (χ1n) is 5.46. The topological polar surface area (TPSA) is 44.4 Å². The Morgan fingerprint density at radius 1 is 1.57 bits per heavy atom. The Kier molecular flexibility index (Phi) is 3.03. The Bertz CT molecular complexity index is 215. The van der Waals surface area contributed by atoms with Gasteiger partial charge in [-0.1, -0.05) is 0 Å². The summed E-state index contributed by atoms with van der Waals surface area (Å²) >= 11 is 0. The fourth-order valence-corrected chi connectivity index (χ4v) is 1.80. The molecule has 80 valence electrons. The molecule has 1 unspecified atom stereocenters. The molecule has 0 bridgehead atoms. The van der Waals surface area contributed by atoms with Crippen molar-refractivity contribution in [1.82, 2.24) is 15.5 Å². The van der Waals surface area contributed by atoms with Crippen molar-refractivity contribution in [2.75, 3.05) is 33.2 Å². The lowest BCUT2D eigenvalue weighted by molar-refractivity contribution is -0.122. The van der Waals surface area contributed by atoms with E-state index in [9.17, 15) is 4.79 Å². The van der Waals surface area contributed by atoms with Crippen molar-refractivity contribution in [3.05, 3.63) is 0 Å². The second-order valence-corrected chi connectivity index (χ2v) is 4.36. The van der Waals surface area contributed by atoms with Crippen molar-refractivity contribution in [1.29, 1.82) is 0 Å². The average molecular weight is 197 g/mol. The first kappa shape index (κ1) is 9.93. The van der Waals surface area contributed by atoms with Crippen LogP contribution >= 0.6 is 0 Å². The van der Waals surface area contributed by atoms with Crippen LogP contribution in [-0.4, -0.2) is 50.1 Å². The zero-order valence-corrected chi connectivity index (χ0v) is 8.75. The maximum Gasteiger partial charge on any atom is 0.223 e. The van der Waals surface area contributed by atoms with E-state index in [-0.39, 0.29) is 5.91 Å². The Morgan fingerprint density at radius 3 is 3.00 bits per heavy atom. The van der Waals surface area contributed by atoms with Gasteiger partial charge in [0.25, 0.3) is 0 Å². The number of piperazine rings is 1. The number of carbonyl (C=O) groups excluding carboxylic acids is 1. The van der Waals surface area contributed by atoms with Crippen molar-refractivity contribution in [3.63, 3.8) is 0 Å². The van der Waals surface area contributed by atoms with Gasteiger partial charge < -0.3 is 10.6 Å². The van der Waals surface area contributed by atoms with E-state index in [1.807, 2.05) is 0 Å². The van der Waals surface area contributed by atoms with Gasteiger partial charge in [0.1, 0.15) is 0 Å². The van der Waals surface area contributed by atoms with Gasteiger partial charge in [-0.25, -0.2) is 0 Å². The zero-order valence-electron chi connectivity index (χ0n) is 8.75. The molecule has 2 fully saturated rings. The fraction of sp³-hybridized carbons (Fsp3) is 0.900. The Hall–Kier alpha value is -0.610. The first-order chi connectivity index (χ1) is 6.77. The average Bonchev–Trinajstić information content (AvgIpc) is 2.99. The smallest absolute Gasteiger partial charge is 0.223 e. The molecule has 1 saturated heterocycles. The van der Waals surface area contributed by atoms with Gasteiger partial charge in [-0.05, 0) is 19.9 Å². The molecular formula is C10H19N3O. The van der Waals surface area contributed by atoms with E-state index in [0.29, 0.717) is 12.0 Å². The number of nitrogens with zero attached hydrogens (tertiary/aromatic N) is 1. The summed E-state index contributed by atoms with van der Waals surface area (Å²) in [5.74, 6) is 0.584. The second-order valence-electron chi connectivity index (χ2n) is 4.36. The molecule has 4 nitrogen and oxygen atoms in total. The molecule has 1 atom stereocenters. The number of likely N-dealkylation sites (N-methyl/N-ethyl adjacent to an activating group) is 1. The maximum absolute atomic E-state index is 11.4. The van der Waals surface area contributed by atoms with Crippen molar-refractivity contribution in [3.8, 4) is 0 Å². The fourth-order valence-electron chi connectivity index (χ4n) is 1.80. The SMILES string of the molecule is CN1CCNCC1CNC(=O)C1CC1. The molecule has 0 spiro atoms. The van der Waals surface area contributed by atoms with E-state index in [0.717, 1.165) is 39.0 Å². The van der Waals surface area contributed by atoms with Crippen LogP contribution in [0.1, 0.15) is 12.8 Å². The molecule has 1 amide bonds. The van der Waals surface area contributed by atoms with Crippen LogP contribution < -0.4 is 10.6 Å². The third-order valence-electron chi connectivity index (χ3n) is 3.10. The van der Waals surface area contributed by atoms with Crippen LogP contribution in [0.4, 0.5) is 0 Å². The normalized spacial score (nSPS) is 28.8. The number of amides is 1. The van der Waals surface area contributed by atoms with Crippen LogP contribution in [0.5, 0.6) is 0 Å². The highest BCUT2D eigenvalue weighted by molar-refractivity contribution is 5.80. The van der Waals surface area contributed by atoms with Gasteiger partial charge in [0.05, 0.1) is 0 Å². The Labute approximate surface area is 85.0 Å². The second kappa shape index (κ2) is 4.28. The first-order valence-corrected chi connectivity index (χ1v) is 5.46. The molecule has 2 N–H and O–H groups in total. The lowest BCUT2D eigenvalue weighted by Crippen LogP contribution is -2.54. The molecular weight excluding hydrogens is 178 g/mol. The molecule has 1 aliphatic carbocycles. The van der Waals surface area contributed by atoms with E-state index in [4.69, 9.17) is 0 Å². The van der Waals surface area contributed by atoms with E-state index in [1.165, 1.54) is 0 Å². The van der Waals surface area contributed by atoms with E-state index in [1.54, 1.807) is 0 Å². The number of carbonyl (C=O) groups is 1. The molecule has 1 saturated carbocycles. The van der Waals surface area contributed by atoms with Crippen molar-refractivity contribution in [2.24, 2.45) is 5.92 Å². The van der Waals surface area contributed by atoms with Gasteiger partial charge in [-0.15, -0.1) is 0 Å². The van der Waals surface area contributed by atoms with Crippen LogP contribution in [0.25, 0.3) is 0 Å². The standard InChI is InChI=1S/C10H19N3O/c1-13-5-4-11-6-9(13)7-12-10(14)8-2-3-8/h8-9,11H,2-7H2,1H3,(H,12,14). The van der Waals surface area contributed by atoms with Gasteiger partial charge in [-0.3, -0.25) is 9.69 Å². The van der Waals surface area contributed by atoms with Gasteiger partial charge in [0, 0.05) is 38.1 Å². The lowest BCUT2D eigenvalue weighted by atomic mass is 10.2. The molecule has 2 aliphatic rings. The largest absolute Gasteiger partial charge is 0.354 e. The van der Waals surface area contributed by atoms with Crippen molar-refractivity contribution in [2.45, 2.75) is 18.9 Å². The van der Waals surface area contributed by atoms with E-state index in [2.05, 4.69) is 22.6 Å². The summed E-state index contributed by atoms with van der Waals surface area (Å²) in [6.07, 6.45) is 2.18. The molecule has 2 rings (SSSR count). The number of hydrogen-bond acceptors (Lipinski definition) is 3. The predicted molar refractivity (Wildman–Crippen MR) is 55.0 cm³/mol. The van der Waals surface area contributed by atoms with Gasteiger partial charge >= 0.3 is 0 Å². The zero-order chi connectivity index (χ0) is 9.97. The Balaban J connectivity index is 1.70. The van der Waals surface area contributed by atoms with Gasteiger partial charge in [-0.2, -0.15) is 0 Å². The van der Waals surface area contributed by atoms with Crippen molar-refractivity contribution >= 4 is 5.91 Å². The highest BCUT2D eigenvalue weighted by Crippen LogP contribution is 2.28. The van der Waals surface area contributed by atoms with Crippen LogP contribution in [0.3, 0.4) is 0 Å². The molecule has 0 aromatic carbocycles. The molecule has 4 heteroatoms. The monoisotopic (exact) mass is 197 g/mol. The molecule has 14 heavy (non-hydrogen) atoms. The minimum absolute atomic E-state index is 0.254. The minimum atomic E-state index is 0.254. The summed E-state index contributed by atoms with van der Waals surface area (Å²) in [7, 11) is 2.12. The summed E-state index contributed by atoms with van der Waals surface area (Å²) in [4.78, 5) is 13.7. The van der Waals surface area contributed by atoms with E-state index >= 15 is 0 Å². The van der Waals surface area contributed by atoms with Crippen molar-refractivity contribution < 1.29 is 4.79 Å². The van der Waals surface area contributed by atoms with Crippen LogP contribution in [0, 0.1) is 5.92 Å². The summed E-state index contributed by atoms with van der Waals surface area (Å²) in [6.45, 7) is 3.91. The maximum atomic E-state index is 11.4. The highest BCUT2D eigenvalue weighted by Gasteiger charge is 2.30. The number of hydrogen-bond donors (Lipinski definition) is 2. The highest BCUT2D eigenvalue weighted by atomic mass is 16.2. The molecule has 0 aromatic heterocycles. The lowest BCUT2D eigenvalue weighted by Gasteiger charge is -2.33. The quantitative estimate of drug-likeness (QED) is 0.636. The summed E-state index contributed by atoms with van der Waals surface area (Å²) in [5.41, 5.74) is 0. The van der Waals surface area contributed by atoms with Crippen LogP contribution in [-0.2, 0) is 4.79 Å². The molecule has 0 aromatic rings. The predicted octanol–water partition coefficient (Wildman–Crippen LogP) is -0.584. The number of rotatable bonds is 3. The van der Waals surface area contributed by atoms with Gasteiger partial charge in [0.2, 0.25) is 5.91 Å². The van der Waals surface area contributed by atoms with Crippen LogP contribution in [0.15, 0.2) is 0 Å². The van der Waals surface area contributed by atoms with Gasteiger partial charge in [0.15, 0.2) is 0 Å². The van der Waals surface area contributed by atoms with Crippen LogP contribution in [0.2, 0.25) is 0 Å². The third-order valence-corrected chi connectivity index (χ3v) is 3.10. The third kappa shape index (κ3) is 2.45. The molecule has 1 heterocycles. The summed E-state index contributed by atoms with van der Waals surface area (Å²) in [6, 6.07) is 0.464. The minimum Gasteiger partial charge on any atom is -0.354 e. The summed E-state index contributed by atoms with van der Waals surface area (Å²) < 4.78 is 0. The van der Waals surface area contributed by atoms with E-state index < -0.39 is 0 Å². The molecule has 0 radical (unpaired) electrons. The summed E-state index contributed by atoms with van der Waals surface area (Å²) in [5, 5.41) is 6.36. The Morgan fingerprint density at radius 2 is 2.36 bits per heavy atom.